The van der Waals surface area contributed by atoms with E-state index in [9.17, 15) is 4.79 Å². The van der Waals surface area contributed by atoms with Gasteiger partial charge in [0.05, 0.1) is 6.61 Å². The fraction of sp³-hybridized carbons (Fsp3) is 0.917. The first-order valence-corrected chi connectivity index (χ1v) is 6.19. The van der Waals surface area contributed by atoms with Gasteiger partial charge in [-0.1, -0.05) is 13.3 Å². The molecule has 1 N–H and O–H groups in total. The molecule has 0 aromatic carbocycles. The summed E-state index contributed by atoms with van der Waals surface area (Å²) in [6, 6.07) is 0. The monoisotopic (exact) mass is 211 g/mol. The molecule has 2 fully saturated rings. The lowest BCUT2D eigenvalue weighted by molar-refractivity contribution is -0.152. The van der Waals surface area contributed by atoms with Crippen LogP contribution in [0.3, 0.4) is 0 Å². The van der Waals surface area contributed by atoms with Gasteiger partial charge < -0.3 is 10.1 Å². The predicted molar refractivity (Wildman–Crippen MR) is 58.6 cm³/mol. The zero-order valence-corrected chi connectivity index (χ0v) is 9.55. The van der Waals surface area contributed by atoms with Crippen molar-refractivity contribution in [2.75, 3.05) is 13.2 Å². The zero-order chi connectivity index (χ0) is 10.7. The van der Waals surface area contributed by atoms with Crippen LogP contribution in [0, 0.1) is 5.92 Å². The van der Waals surface area contributed by atoms with Gasteiger partial charge in [0.25, 0.3) is 0 Å². The molecule has 0 bridgehead atoms. The van der Waals surface area contributed by atoms with Gasteiger partial charge >= 0.3 is 5.97 Å². The SMILES string of the molecule is CCCC1(C(=O)OCC2CC2)CCCN1. The highest BCUT2D eigenvalue weighted by molar-refractivity contribution is 5.81. The highest BCUT2D eigenvalue weighted by Gasteiger charge is 2.42. The van der Waals surface area contributed by atoms with Crippen molar-refractivity contribution >= 4 is 5.97 Å². The van der Waals surface area contributed by atoms with Gasteiger partial charge in [-0.2, -0.15) is 0 Å². The van der Waals surface area contributed by atoms with E-state index in [1.807, 2.05) is 0 Å². The molecular weight excluding hydrogens is 190 g/mol. The Morgan fingerprint density at radius 3 is 2.87 bits per heavy atom. The highest BCUT2D eigenvalue weighted by atomic mass is 16.5. The molecule has 1 heterocycles. The lowest BCUT2D eigenvalue weighted by Gasteiger charge is -2.26. The molecule has 0 aromatic rings. The third-order valence-corrected chi connectivity index (χ3v) is 3.46. The molecule has 0 radical (unpaired) electrons. The fourth-order valence-corrected chi connectivity index (χ4v) is 2.34. The maximum absolute atomic E-state index is 12.0. The second kappa shape index (κ2) is 4.52. The minimum absolute atomic E-state index is 0.00579. The van der Waals surface area contributed by atoms with Gasteiger partial charge in [-0.3, -0.25) is 4.79 Å². The van der Waals surface area contributed by atoms with E-state index < -0.39 is 0 Å². The molecule has 3 nitrogen and oxygen atoms in total. The van der Waals surface area contributed by atoms with E-state index in [1.54, 1.807) is 0 Å². The van der Waals surface area contributed by atoms with Crippen LogP contribution in [0.15, 0.2) is 0 Å². The number of nitrogens with one attached hydrogen (secondary N) is 1. The smallest absolute Gasteiger partial charge is 0.326 e. The number of esters is 1. The lowest BCUT2D eigenvalue weighted by atomic mass is 9.92. The Balaban J connectivity index is 1.87. The normalized spacial score (nSPS) is 30.5. The van der Waals surface area contributed by atoms with Gasteiger partial charge in [-0.25, -0.2) is 0 Å². The maximum Gasteiger partial charge on any atom is 0.326 e. The molecule has 2 aliphatic rings. The third kappa shape index (κ3) is 2.51. The van der Waals surface area contributed by atoms with E-state index in [0.717, 1.165) is 32.2 Å². The first-order valence-electron chi connectivity index (χ1n) is 6.19. The van der Waals surface area contributed by atoms with Crippen LogP contribution < -0.4 is 5.32 Å². The summed E-state index contributed by atoms with van der Waals surface area (Å²) < 4.78 is 5.40. The Bertz CT molecular complexity index is 230. The molecule has 2 rings (SSSR count). The Morgan fingerprint density at radius 1 is 1.53 bits per heavy atom. The lowest BCUT2D eigenvalue weighted by Crippen LogP contribution is -2.48. The number of rotatable bonds is 5. The van der Waals surface area contributed by atoms with E-state index in [2.05, 4.69) is 12.2 Å². The van der Waals surface area contributed by atoms with Crippen LogP contribution in [0.25, 0.3) is 0 Å². The van der Waals surface area contributed by atoms with Crippen LogP contribution in [0.5, 0.6) is 0 Å². The summed E-state index contributed by atoms with van der Waals surface area (Å²) in [5.74, 6) is 0.655. The quantitative estimate of drug-likeness (QED) is 0.705. The summed E-state index contributed by atoms with van der Waals surface area (Å²) in [5.41, 5.74) is -0.344. The summed E-state index contributed by atoms with van der Waals surface area (Å²) in [6.45, 7) is 3.72. The molecule has 1 aliphatic carbocycles. The van der Waals surface area contributed by atoms with Crippen molar-refractivity contribution in [1.29, 1.82) is 0 Å². The van der Waals surface area contributed by atoms with Gasteiger partial charge in [0.15, 0.2) is 0 Å². The first-order chi connectivity index (χ1) is 7.27. The molecule has 1 unspecified atom stereocenters. The highest BCUT2D eigenvalue weighted by Crippen LogP contribution is 2.31. The Labute approximate surface area is 91.6 Å². The molecule has 1 aliphatic heterocycles. The summed E-state index contributed by atoms with van der Waals surface area (Å²) in [5, 5.41) is 3.34. The van der Waals surface area contributed by atoms with Crippen molar-refractivity contribution in [2.24, 2.45) is 5.92 Å². The third-order valence-electron chi connectivity index (χ3n) is 3.46. The summed E-state index contributed by atoms with van der Waals surface area (Å²) in [4.78, 5) is 12.0. The van der Waals surface area contributed by atoms with Crippen LogP contribution in [-0.4, -0.2) is 24.7 Å². The second-order valence-corrected chi connectivity index (χ2v) is 4.90. The zero-order valence-electron chi connectivity index (χ0n) is 9.55. The maximum atomic E-state index is 12.0. The van der Waals surface area contributed by atoms with Crippen LogP contribution in [-0.2, 0) is 9.53 Å². The van der Waals surface area contributed by atoms with E-state index >= 15 is 0 Å². The van der Waals surface area contributed by atoms with Crippen molar-refractivity contribution in [3.05, 3.63) is 0 Å². The van der Waals surface area contributed by atoms with Gasteiger partial charge in [-0.05, 0) is 44.6 Å². The van der Waals surface area contributed by atoms with E-state index in [4.69, 9.17) is 4.74 Å². The number of carbonyl (C=O) groups is 1. The predicted octanol–water partition coefficient (Wildman–Crippen LogP) is 1.86. The molecule has 1 saturated carbocycles. The Morgan fingerprint density at radius 2 is 2.33 bits per heavy atom. The molecule has 0 spiro atoms. The van der Waals surface area contributed by atoms with Crippen LogP contribution in [0.4, 0.5) is 0 Å². The van der Waals surface area contributed by atoms with Gasteiger partial charge in [0.1, 0.15) is 5.54 Å². The molecule has 15 heavy (non-hydrogen) atoms. The summed E-state index contributed by atoms with van der Waals surface area (Å²) in [6.07, 6.45) is 6.47. The fourth-order valence-electron chi connectivity index (χ4n) is 2.34. The van der Waals surface area contributed by atoms with Crippen molar-refractivity contribution in [3.8, 4) is 0 Å². The molecule has 1 saturated heterocycles. The average molecular weight is 211 g/mol. The molecular formula is C12H21NO2. The first kappa shape index (κ1) is 10.9. The molecule has 0 aromatic heterocycles. The summed E-state index contributed by atoms with van der Waals surface area (Å²) in [7, 11) is 0. The van der Waals surface area contributed by atoms with Crippen molar-refractivity contribution in [3.63, 3.8) is 0 Å². The van der Waals surface area contributed by atoms with E-state index in [-0.39, 0.29) is 11.5 Å². The summed E-state index contributed by atoms with van der Waals surface area (Å²) >= 11 is 0. The van der Waals surface area contributed by atoms with Gasteiger partial charge in [0, 0.05) is 0 Å². The Hall–Kier alpha value is -0.570. The van der Waals surface area contributed by atoms with E-state index in [1.165, 1.54) is 12.8 Å². The number of ether oxygens (including phenoxy) is 1. The molecule has 3 heteroatoms. The average Bonchev–Trinajstić information content (AvgIpc) is 2.94. The van der Waals surface area contributed by atoms with Crippen LogP contribution >= 0.6 is 0 Å². The van der Waals surface area contributed by atoms with Crippen molar-refractivity contribution < 1.29 is 9.53 Å². The number of carbonyl (C=O) groups excluding carboxylic acids is 1. The van der Waals surface area contributed by atoms with Gasteiger partial charge in [-0.15, -0.1) is 0 Å². The largest absolute Gasteiger partial charge is 0.464 e. The topological polar surface area (TPSA) is 38.3 Å². The van der Waals surface area contributed by atoms with E-state index in [0.29, 0.717) is 12.5 Å². The number of hydrogen-bond acceptors (Lipinski definition) is 3. The minimum Gasteiger partial charge on any atom is -0.464 e. The van der Waals surface area contributed by atoms with Gasteiger partial charge in [0.2, 0.25) is 0 Å². The molecule has 1 atom stereocenters. The van der Waals surface area contributed by atoms with Crippen molar-refractivity contribution in [2.45, 2.75) is 51.0 Å². The number of hydrogen-bond donors (Lipinski definition) is 1. The Kier molecular flexibility index (Phi) is 3.29. The van der Waals surface area contributed by atoms with Crippen molar-refractivity contribution in [1.82, 2.24) is 5.32 Å². The molecule has 0 amide bonds. The van der Waals surface area contributed by atoms with Crippen LogP contribution in [0.1, 0.15) is 45.4 Å². The standard InChI is InChI=1S/C12H21NO2/c1-2-6-12(7-3-8-13-12)11(14)15-9-10-4-5-10/h10,13H,2-9H2,1H3. The second-order valence-electron chi connectivity index (χ2n) is 4.90. The van der Waals surface area contributed by atoms with Crippen LogP contribution in [0.2, 0.25) is 0 Å². The minimum atomic E-state index is -0.344. The molecule has 86 valence electrons.